The summed E-state index contributed by atoms with van der Waals surface area (Å²) in [7, 11) is 0. The number of benzene rings is 2. The van der Waals surface area contributed by atoms with Crippen LogP contribution in [0.15, 0.2) is 48.5 Å². The van der Waals surface area contributed by atoms with Gasteiger partial charge in [-0.15, -0.1) is 0 Å². The van der Waals surface area contributed by atoms with Crippen LogP contribution in [0.2, 0.25) is 0 Å². The van der Waals surface area contributed by atoms with Gasteiger partial charge in [0.2, 0.25) is 5.91 Å². The van der Waals surface area contributed by atoms with E-state index < -0.39 is 11.9 Å². The predicted octanol–water partition coefficient (Wildman–Crippen LogP) is 3.30. The van der Waals surface area contributed by atoms with E-state index in [0.717, 1.165) is 22.3 Å². The van der Waals surface area contributed by atoms with Crippen LogP contribution >= 0.6 is 0 Å². The molecule has 0 fully saturated rings. The topological polar surface area (TPSA) is 66.4 Å². The van der Waals surface area contributed by atoms with Crippen LogP contribution in [-0.4, -0.2) is 23.5 Å². The summed E-state index contributed by atoms with van der Waals surface area (Å²) in [4.78, 5) is 23.5. The lowest BCUT2D eigenvalue weighted by Crippen LogP contribution is -2.34. The van der Waals surface area contributed by atoms with Crippen molar-refractivity contribution in [1.82, 2.24) is 5.32 Å². The Morgan fingerprint density at radius 1 is 1.08 bits per heavy atom. The molecule has 4 heteroatoms. The highest BCUT2D eigenvalue weighted by Gasteiger charge is 2.19. The van der Waals surface area contributed by atoms with Crippen molar-refractivity contribution in [2.75, 3.05) is 6.54 Å². The van der Waals surface area contributed by atoms with E-state index in [2.05, 4.69) is 5.32 Å². The van der Waals surface area contributed by atoms with E-state index in [-0.39, 0.29) is 12.5 Å². The molecule has 0 heterocycles. The molecule has 0 saturated heterocycles. The number of carboxylic acids is 1. The van der Waals surface area contributed by atoms with E-state index in [1.54, 1.807) is 0 Å². The maximum atomic E-state index is 12.1. The van der Waals surface area contributed by atoms with Gasteiger partial charge in [-0.2, -0.15) is 0 Å². The molecular weight excluding hydrogens is 314 g/mol. The first-order valence-electron chi connectivity index (χ1n) is 8.55. The Hall–Kier alpha value is -2.62. The number of hydrogen-bond acceptors (Lipinski definition) is 2. The number of aliphatic carboxylic acids is 1. The van der Waals surface area contributed by atoms with Crippen LogP contribution in [0.1, 0.15) is 28.7 Å². The van der Waals surface area contributed by atoms with Crippen LogP contribution in [0, 0.1) is 19.8 Å². The first-order valence-corrected chi connectivity index (χ1v) is 8.55. The second-order valence-corrected chi connectivity index (χ2v) is 6.46. The Kier molecular flexibility index (Phi) is 6.75. The Morgan fingerprint density at radius 2 is 1.84 bits per heavy atom. The standard InChI is InChI=1S/C21H25NO3/c1-15-6-5-8-17(12-15)13-19(21(24)25)14-22-20(23)11-10-18-9-4-3-7-16(18)2/h3-9,12,19H,10-11,13-14H2,1-2H3,(H,22,23)(H,24,25). The summed E-state index contributed by atoms with van der Waals surface area (Å²) in [5, 5.41) is 12.2. The first kappa shape index (κ1) is 18.7. The van der Waals surface area contributed by atoms with Gasteiger partial charge in [0.25, 0.3) is 0 Å². The van der Waals surface area contributed by atoms with E-state index in [1.807, 2.05) is 62.4 Å². The summed E-state index contributed by atoms with van der Waals surface area (Å²) >= 11 is 0. The van der Waals surface area contributed by atoms with Crippen LogP contribution in [-0.2, 0) is 22.4 Å². The SMILES string of the molecule is Cc1cccc(CC(CNC(=O)CCc2ccccc2C)C(=O)O)c1. The molecule has 132 valence electrons. The largest absolute Gasteiger partial charge is 0.481 e. The van der Waals surface area contributed by atoms with Crippen molar-refractivity contribution >= 4 is 11.9 Å². The molecule has 0 spiro atoms. The quantitative estimate of drug-likeness (QED) is 0.775. The summed E-state index contributed by atoms with van der Waals surface area (Å²) in [5.41, 5.74) is 4.39. The molecule has 0 aromatic heterocycles. The number of nitrogens with one attached hydrogen (secondary N) is 1. The summed E-state index contributed by atoms with van der Waals surface area (Å²) in [6.45, 7) is 4.15. The minimum Gasteiger partial charge on any atom is -0.481 e. The zero-order valence-corrected chi connectivity index (χ0v) is 14.8. The Labute approximate surface area is 148 Å². The van der Waals surface area contributed by atoms with E-state index in [0.29, 0.717) is 19.3 Å². The lowest BCUT2D eigenvalue weighted by Gasteiger charge is -2.14. The number of carboxylic acid groups (broad SMARTS) is 1. The zero-order chi connectivity index (χ0) is 18.2. The molecule has 2 aromatic carbocycles. The van der Waals surface area contributed by atoms with Gasteiger partial charge in [-0.1, -0.05) is 54.1 Å². The summed E-state index contributed by atoms with van der Waals surface area (Å²) in [6.07, 6.45) is 1.44. The van der Waals surface area contributed by atoms with Crippen molar-refractivity contribution in [2.24, 2.45) is 5.92 Å². The molecule has 2 aromatic rings. The minimum absolute atomic E-state index is 0.112. The third-order valence-electron chi connectivity index (χ3n) is 4.34. The Bertz CT molecular complexity index is 739. The van der Waals surface area contributed by atoms with Gasteiger partial charge in [-0.05, 0) is 43.4 Å². The van der Waals surface area contributed by atoms with Crippen LogP contribution in [0.5, 0.6) is 0 Å². The lowest BCUT2D eigenvalue weighted by atomic mass is 9.98. The molecule has 4 nitrogen and oxygen atoms in total. The van der Waals surface area contributed by atoms with E-state index >= 15 is 0 Å². The fourth-order valence-electron chi connectivity index (χ4n) is 2.83. The molecular formula is C21H25NO3. The van der Waals surface area contributed by atoms with Crippen molar-refractivity contribution in [1.29, 1.82) is 0 Å². The van der Waals surface area contributed by atoms with E-state index in [4.69, 9.17) is 0 Å². The van der Waals surface area contributed by atoms with E-state index in [1.165, 1.54) is 0 Å². The lowest BCUT2D eigenvalue weighted by molar-refractivity contribution is -0.141. The van der Waals surface area contributed by atoms with Crippen molar-refractivity contribution in [3.05, 3.63) is 70.8 Å². The highest BCUT2D eigenvalue weighted by Crippen LogP contribution is 2.12. The molecule has 0 bridgehead atoms. The smallest absolute Gasteiger partial charge is 0.308 e. The number of carbonyl (C=O) groups is 2. The van der Waals surface area contributed by atoms with Crippen molar-refractivity contribution in [3.8, 4) is 0 Å². The highest BCUT2D eigenvalue weighted by atomic mass is 16.4. The van der Waals surface area contributed by atoms with Crippen molar-refractivity contribution in [2.45, 2.75) is 33.1 Å². The monoisotopic (exact) mass is 339 g/mol. The molecule has 25 heavy (non-hydrogen) atoms. The van der Waals surface area contributed by atoms with Crippen LogP contribution < -0.4 is 5.32 Å². The molecule has 2 N–H and O–H groups in total. The van der Waals surface area contributed by atoms with Gasteiger partial charge in [0.05, 0.1) is 5.92 Å². The first-order chi connectivity index (χ1) is 12.0. The maximum Gasteiger partial charge on any atom is 0.308 e. The van der Waals surface area contributed by atoms with Gasteiger partial charge in [-0.3, -0.25) is 9.59 Å². The third-order valence-corrected chi connectivity index (χ3v) is 4.34. The number of aryl methyl sites for hydroxylation is 3. The molecule has 0 saturated carbocycles. The molecule has 1 amide bonds. The van der Waals surface area contributed by atoms with Crippen LogP contribution in [0.25, 0.3) is 0 Å². The van der Waals surface area contributed by atoms with Crippen molar-refractivity contribution in [3.63, 3.8) is 0 Å². The van der Waals surface area contributed by atoms with E-state index in [9.17, 15) is 14.7 Å². The van der Waals surface area contributed by atoms with Crippen LogP contribution in [0.3, 0.4) is 0 Å². The second-order valence-electron chi connectivity index (χ2n) is 6.46. The predicted molar refractivity (Wildman–Crippen MR) is 98.5 cm³/mol. The number of hydrogen-bond donors (Lipinski definition) is 2. The van der Waals surface area contributed by atoms with Gasteiger partial charge in [0.15, 0.2) is 0 Å². The number of rotatable bonds is 8. The normalized spacial score (nSPS) is 11.8. The van der Waals surface area contributed by atoms with Gasteiger partial charge in [0.1, 0.15) is 0 Å². The summed E-state index contributed by atoms with van der Waals surface area (Å²) in [5.74, 6) is -1.62. The summed E-state index contributed by atoms with van der Waals surface area (Å²) in [6, 6.07) is 15.8. The average Bonchev–Trinajstić information content (AvgIpc) is 2.57. The fourth-order valence-corrected chi connectivity index (χ4v) is 2.83. The van der Waals surface area contributed by atoms with Gasteiger partial charge < -0.3 is 10.4 Å². The molecule has 0 radical (unpaired) electrons. The molecule has 0 aliphatic carbocycles. The molecule has 2 rings (SSSR count). The van der Waals surface area contributed by atoms with Crippen LogP contribution in [0.4, 0.5) is 0 Å². The second kappa shape index (κ2) is 9.02. The molecule has 1 atom stereocenters. The highest BCUT2D eigenvalue weighted by molar-refractivity contribution is 5.77. The van der Waals surface area contributed by atoms with Gasteiger partial charge in [-0.25, -0.2) is 0 Å². The minimum atomic E-state index is -0.888. The maximum absolute atomic E-state index is 12.1. The number of carbonyl (C=O) groups excluding carboxylic acids is 1. The van der Waals surface area contributed by atoms with Crippen molar-refractivity contribution < 1.29 is 14.7 Å². The average molecular weight is 339 g/mol. The summed E-state index contributed by atoms with van der Waals surface area (Å²) < 4.78 is 0. The molecule has 0 aliphatic rings. The fraction of sp³-hybridized carbons (Fsp3) is 0.333. The molecule has 0 aliphatic heterocycles. The molecule has 1 unspecified atom stereocenters. The van der Waals surface area contributed by atoms with Gasteiger partial charge in [0, 0.05) is 13.0 Å². The number of amides is 1. The van der Waals surface area contributed by atoms with Gasteiger partial charge >= 0.3 is 5.97 Å². The zero-order valence-electron chi connectivity index (χ0n) is 14.8. The Morgan fingerprint density at radius 3 is 2.52 bits per heavy atom. The Balaban J connectivity index is 1.85. The third kappa shape index (κ3) is 6.07.